The van der Waals surface area contributed by atoms with Gasteiger partial charge in [0.05, 0.1) is 6.20 Å². The van der Waals surface area contributed by atoms with Gasteiger partial charge in [-0.3, -0.25) is 4.79 Å². The van der Waals surface area contributed by atoms with E-state index in [2.05, 4.69) is 10.3 Å². The predicted octanol–water partition coefficient (Wildman–Crippen LogP) is 2.77. The lowest BCUT2D eigenvalue weighted by Gasteiger charge is -2.15. The van der Waals surface area contributed by atoms with Crippen LogP contribution in [0, 0.1) is 5.92 Å². The van der Waals surface area contributed by atoms with Gasteiger partial charge < -0.3 is 19.9 Å². The maximum absolute atomic E-state index is 12.3. The second-order valence-corrected chi connectivity index (χ2v) is 7.12. The number of nitrogens with one attached hydrogen (secondary N) is 1. The normalized spacial score (nSPS) is 13.7. The van der Waals surface area contributed by atoms with Crippen LogP contribution in [0.5, 0.6) is 11.5 Å². The highest BCUT2D eigenvalue weighted by atomic mass is 32.1. The number of aliphatic carboxylic acids is 1. The van der Waals surface area contributed by atoms with Gasteiger partial charge in [0.2, 0.25) is 6.79 Å². The van der Waals surface area contributed by atoms with Crippen LogP contribution in [0.25, 0.3) is 10.6 Å². The molecule has 1 atom stereocenters. The van der Waals surface area contributed by atoms with Crippen LogP contribution in [0.2, 0.25) is 0 Å². The molecule has 1 aromatic heterocycles. The van der Waals surface area contributed by atoms with E-state index in [1.807, 2.05) is 26.0 Å². The van der Waals surface area contributed by atoms with Crippen molar-refractivity contribution in [3.8, 4) is 22.1 Å². The van der Waals surface area contributed by atoms with Gasteiger partial charge in [-0.25, -0.2) is 9.78 Å². The van der Waals surface area contributed by atoms with Crippen LogP contribution in [0.15, 0.2) is 24.4 Å². The van der Waals surface area contributed by atoms with Crippen LogP contribution < -0.4 is 14.8 Å². The van der Waals surface area contributed by atoms with E-state index in [1.165, 1.54) is 17.5 Å². The molecule has 7 nitrogen and oxygen atoms in total. The largest absolute Gasteiger partial charge is 0.480 e. The first-order valence-corrected chi connectivity index (χ1v) is 8.65. The minimum absolute atomic E-state index is 0.159. The molecule has 25 heavy (non-hydrogen) atoms. The number of benzene rings is 1. The summed E-state index contributed by atoms with van der Waals surface area (Å²) in [6.45, 7) is 4.01. The third-order valence-electron chi connectivity index (χ3n) is 3.66. The molecule has 0 saturated heterocycles. The van der Waals surface area contributed by atoms with E-state index in [-0.39, 0.29) is 12.7 Å². The van der Waals surface area contributed by atoms with E-state index >= 15 is 0 Å². The lowest BCUT2D eigenvalue weighted by atomic mass is 10.0. The summed E-state index contributed by atoms with van der Waals surface area (Å²) in [5.41, 5.74) is 0.810. The van der Waals surface area contributed by atoms with Crippen molar-refractivity contribution in [3.05, 3.63) is 29.3 Å². The molecule has 2 N–H and O–H groups in total. The number of carboxylic acids is 1. The molecule has 8 heteroatoms. The number of hydrogen-bond acceptors (Lipinski definition) is 6. The first kappa shape index (κ1) is 17.2. The Kier molecular flexibility index (Phi) is 4.89. The third-order valence-corrected chi connectivity index (χ3v) is 4.70. The molecule has 2 heterocycles. The van der Waals surface area contributed by atoms with E-state index in [9.17, 15) is 14.7 Å². The summed E-state index contributed by atoms with van der Waals surface area (Å²) in [7, 11) is 0. The van der Waals surface area contributed by atoms with Gasteiger partial charge >= 0.3 is 5.97 Å². The number of hydrogen-bond donors (Lipinski definition) is 2. The maximum Gasteiger partial charge on any atom is 0.326 e. The van der Waals surface area contributed by atoms with Gasteiger partial charge in [0, 0.05) is 5.56 Å². The van der Waals surface area contributed by atoms with Gasteiger partial charge in [-0.05, 0) is 30.5 Å². The summed E-state index contributed by atoms with van der Waals surface area (Å²) >= 11 is 1.20. The highest BCUT2D eigenvalue weighted by Crippen LogP contribution is 2.36. The van der Waals surface area contributed by atoms with Gasteiger partial charge in [-0.1, -0.05) is 13.8 Å². The van der Waals surface area contributed by atoms with E-state index < -0.39 is 17.9 Å². The van der Waals surface area contributed by atoms with Crippen LogP contribution in [-0.2, 0) is 4.79 Å². The van der Waals surface area contributed by atoms with Crippen LogP contribution in [0.4, 0.5) is 0 Å². The van der Waals surface area contributed by atoms with Crippen molar-refractivity contribution in [1.29, 1.82) is 0 Å². The summed E-state index contributed by atoms with van der Waals surface area (Å²) in [4.78, 5) is 28.2. The average Bonchev–Trinajstić information content (AvgIpc) is 3.22. The number of thiazole rings is 1. The summed E-state index contributed by atoms with van der Waals surface area (Å²) in [6, 6.07) is 4.53. The number of rotatable bonds is 6. The van der Waals surface area contributed by atoms with Crippen molar-refractivity contribution in [2.45, 2.75) is 26.3 Å². The summed E-state index contributed by atoms with van der Waals surface area (Å²) in [5.74, 6) is 0.00462. The molecule has 0 radical (unpaired) electrons. The first-order valence-electron chi connectivity index (χ1n) is 7.83. The van der Waals surface area contributed by atoms with Crippen molar-refractivity contribution >= 4 is 23.2 Å². The van der Waals surface area contributed by atoms with Gasteiger partial charge in [0.25, 0.3) is 5.91 Å². The smallest absolute Gasteiger partial charge is 0.326 e. The van der Waals surface area contributed by atoms with E-state index in [1.54, 1.807) is 6.07 Å². The van der Waals surface area contributed by atoms with Gasteiger partial charge in [-0.2, -0.15) is 0 Å². The van der Waals surface area contributed by atoms with Gasteiger partial charge in [-0.15, -0.1) is 11.3 Å². The van der Waals surface area contributed by atoms with E-state index in [4.69, 9.17) is 9.47 Å². The Morgan fingerprint density at radius 1 is 1.32 bits per heavy atom. The number of amides is 1. The summed E-state index contributed by atoms with van der Waals surface area (Å²) in [6.07, 6.45) is 1.82. The zero-order valence-corrected chi connectivity index (χ0v) is 14.6. The fraction of sp³-hybridized carbons (Fsp3) is 0.353. The fourth-order valence-corrected chi connectivity index (χ4v) is 3.28. The Balaban J connectivity index is 1.74. The lowest BCUT2D eigenvalue weighted by molar-refractivity contribution is -0.139. The molecule has 1 amide bonds. The molecule has 2 aromatic rings. The Morgan fingerprint density at radius 3 is 2.80 bits per heavy atom. The summed E-state index contributed by atoms with van der Waals surface area (Å²) in [5, 5.41) is 12.4. The fourth-order valence-electron chi connectivity index (χ4n) is 2.46. The molecule has 1 aliphatic heterocycles. The number of fused-ring (bicyclic) bond motifs is 1. The Morgan fingerprint density at radius 2 is 2.08 bits per heavy atom. The first-order chi connectivity index (χ1) is 11.9. The SMILES string of the molecule is CC(C)CC(NC(=O)c1cnc(-c2ccc3c(c2)OCO3)s1)C(=O)O. The zero-order valence-electron chi connectivity index (χ0n) is 13.8. The van der Waals surface area contributed by atoms with Gasteiger partial charge in [0.1, 0.15) is 15.9 Å². The molecule has 1 unspecified atom stereocenters. The second kappa shape index (κ2) is 7.10. The number of carbonyl (C=O) groups excluding carboxylic acids is 1. The molecular weight excluding hydrogens is 344 g/mol. The Labute approximate surface area is 148 Å². The Hall–Kier alpha value is -2.61. The predicted molar refractivity (Wildman–Crippen MR) is 92.0 cm³/mol. The van der Waals surface area contributed by atoms with Crippen LogP contribution in [0.1, 0.15) is 29.9 Å². The van der Waals surface area contributed by atoms with Gasteiger partial charge in [0.15, 0.2) is 11.5 Å². The van der Waals surface area contributed by atoms with Crippen LogP contribution in [-0.4, -0.2) is 34.8 Å². The van der Waals surface area contributed by atoms with Crippen molar-refractivity contribution < 1.29 is 24.2 Å². The number of carboxylic acid groups (broad SMARTS) is 1. The minimum atomic E-state index is -1.04. The molecule has 0 saturated carbocycles. The zero-order chi connectivity index (χ0) is 18.0. The van der Waals surface area contributed by atoms with Crippen LogP contribution >= 0.6 is 11.3 Å². The standard InChI is InChI=1S/C17H18N2O5S/c1-9(2)5-11(17(21)22)19-15(20)14-7-18-16(25-14)10-3-4-12-13(6-10)24-8-23-12/h3-4,6-7,9,11H,5,8H2,1-2H3,(H,19,20)(H,21,22). The highest BCUT2D eigenvalue weighted by Gasteiger charge is 2.23. The van der Waals surface area contributed by atoms with E-state index in [0.717, 1.165) is 5.56 Å². The highest BCUT2D eigenvalue weighted by molar-refractivity contribution is 7.16. The summed E-state index contributed by atoms with van der Waals surface area (Å²) < 4.78 is 10.6. The number of carbonyl (C=O) groups is 2. The van der Waals surface area contributed by atoms with Crippen molar-refractivity contribution in [1.82, 2.24) is 10.3 Å². The second-order valence-electron chi connectivity index (χ2n) is 6.09. The maximum atomic E-state index is 12.3. The van der Waals surface area contributed by atoms with Crippen LogP contribution in [0.3, 0.4) is 0 Å². The number of aromatic nitrogens is 1. The molecular formula is C17H18N2O5S. The molecule has 132 valence electrons. The quantitative estimate of drug-likeness (QED) is 0.820. The molecule has 1 aromatic carbocycles. The molecule has 0 fully saturated rings. The minimum Gasteiger partial charge on any atom is -0.480 e. The number of nitrogens with zero attached hydrogens (tertiary/aromatic N) is 1. The monoisotopic (exact) mass is 362 g/mol. The van der Waals surface area contributed by atoms with Crippen molar-refractivity contribution in [3.63, 3.8) is 0 Å². The molecule has 0 bridgehead atoms. The number of ether oxygens (including phenoxy) is 2. The molecule has 0 aliphatic carbocycles. The molecule has 0 spiro atoms. The third kappa shape index (κ3) is 3.90. The lowest BCUT2D eigenvalue weighted by Crippen LogP contribution is -2.41. The topological polar surface area (TPSA) is 97.8 Å². The van der Waals surface area contributed by atoms with E-state index in [0.29, 0.717) is 27.8 Å². The average molecular weight is 362 g/mol. The molecule has 1 aliphatic rings. The van der Waals surface area contributed by atoms with Crippen molar-refractivity contribution in [2.24, 2.45) is 5.92 Å². The molecule has 3 rings (SSSR count). The Bertz CT molecular complexity index is 802. The van der Waals surface area contributed by atoms with Crippen molar-refractivity contribution in [2.75, 3.05) is 6.79 Å².